The first kappa shape index (κ1) is 19.7. The molecule has 0 aliphatic carbocycles. The van der Waals surface area contributed by atoms with E-state index in [4.69, 9.17) is 4.74 Å². The molecule has 0 radical (unpaired) electrons. The van der Waals surface area contributed by atoms with E-state index in [1.165, 1.54) is 0 Å². The fourth-order valence-electron chi connectivity index (χ4n) is 2.40. The number of amides is 1. The summed E-state index contributed by atoms with van der Waals surface area (Å²) in [6.45, 7) is 2.35. The van der Waals surface area contributed by atoms with Crippen molar-refractivity contribution in [2.45, 2.75) is 12.8 Å². The van der Waals surface area contributed by atoms with Crippen LogP contribution in [0.3, 0.4) is 0 Å². The van der Waals surface area contributed by atoms with Gasteiger partial charge in [0.2, 0.25) is 0 Å². The molecule has 1 heterocycles. The van der Waals surface area contributed by atoms with Crippen LogP contribution in [0.2, 0.25) is 0 Å². The highest BCUT2D eigenvalue weighted by Gasteiger charge is 2.08. The smallest absolute Gasteiger partial charge is 0.271 e. The molecule has 26 heavy (non-hydrogen) atoms. The number of hydrogen-bond acceptors (Lipinski definition) is 6. The molecule has 0 fully saturated rings. The summed E-state index contributed by atoms with van der Waals surface area (Å²) in [6.07, 6.45) is 1.74. The summed E-state index contributed by atoms with van der Waals surface area (Å²) >= 11 is 0. The van der Waals surface area contributed by atoms with Crippen molar-refractivity contribution in [1.29, 1.82) is 0 Å². The van der Waals surface area contributed by atoms with Gasteiger partial charge in [0.05, 0.1) is 7.11 Å². The molecule has 2 aromatic rings. The zero-order valence-electron chi connectivity index (χ0n) is 15.7. The number of ether oxygens (including phenoxy) is 1. The second kappa shape index (κ2) is 10.4. The van der Waals surface area contributed by atoms with Gasteiger partial charge in [0, 0.05) is 13.1 Å². The number of carbonyl (C=O) groups is 1. The molecule has 1 amide bonds. The standard InChI is InChI=1S/C19H27N5O2/c1-24(2)13-5-11-20-18-9-8-17(22-23-18)19(25)21-12-10-15-6-4-7-16(14-15)26-3/h4,6-9,14H,5,10-13H2,1-3H3,(H,20,23)(H,21,25). The molecule has 0 bridgehead atoms. The number of methoxy groups -OCH3 is 1. The van der Waals surface area contributed by atoms with E-state index in [0.29, 0.717) is 18.1 Å². The first-order valence-electron chi connectivity index (χ1n) is 8.72. The molecular weight excluding hydrogens is 330 g/mol. The Hall–Kier alpha value is -2.67. The van der Waals surface area contributed by atoms with Crippen LogP contribution in [0.15, 0.2) is 36.4 Å². The number of nitrogens with one attached hydrogen (secondary N) is 2. The number of benzene rings is 1. The van der Waals surface area contributed by atoms with Gasteiger partial charge < -0.3 is 20.3 Å². The Kier molecular flexibility index (Phi) is 7.82. The van der Waals surface area contributed by atoms with Gasteiger partial charge in [-0.2, -0.15) is 0 Å². The number of hydrogen-bond donors (Lipinski definition) is 2. The second-order valence-corrected chi connectivity index (χ2v) is 6.24. The van der Waals surface area contributed by atoms with Crippen molar-refractivity contribution >= 4 is 11.7 Å². The molecule has 0 aliphatic heterocycles. The average molecular weight is 357 g/mol. The quantitative estimate of drug-likeness (QED) is 0.632. The first-order chi connectivity index (χ1) is 12.6. The van der Waals surface area contributed by atoms with Crippen LogP contribution < -0.4 is 15.4 Å². The Morgan fingerprint density at radius 2 is 2.00 bits per heavy atom. The molecule has 2 N–H and O–H groups in total. The van der Waals surface area contributed by atoms with Gasteiger partial charge in [0.15, 0.2) is 5.69 Å². The van der Waals surface area contributed by atoms with Crippen LogP contribution in [-0.4, -0.2) is 61.8 Å². The van der Waals surface area contributed by atoms with Crippen molar-refractivity contribution in [3.63, 3.8) is 0 Å². The first-order valence-corrected chi connectivity index (χ1v) is 8.72. The summed E-state index contributed by atoms with van der Waals surface area (Å²) in [5.74, 6) is 1.27. The highest BCUT2D eigenvalue weighted by Crippen LogP contribution is 2.12. The molecule has 140 valence electrons. The normalized spacial score (nSPS) is 10.6. The highest BCUT2D eigenvalue weighted by atomic mass is 16.5. The van der Waals surface area contributed by atoms with Gasteiger partial charge in [-0.05, 0) is 63.3 Å². The predicted molar refractivity (Wildman–Crippen MR) is 103 cm³/mol. The Labute approximate surface area is 154 Å². The molecule has 0 unspecified atom stereocenters. The number of nitrogens with zero attached hydrogens (tertiary/aromatic N) is 3. The Morgan fingerprint density at radius 3 is 2.69 bits per heavy atom. The van der Waals surface area contributed by atoms with Gasteiger partial charge >= 0.3 is 0 Å². The van der Waals surface area contributed by atoms with Crippen molar-refractivity contribution in [3.05, 3.63) is 47.7 Å². The molecule has 2 rings (SSSR count). The van der Waals surface area contributed by atoms with Crippen LogP contribution in [-0.2, 0) is 6.42 Å². The summed E-state index contributed by atoms with van der Waals surface area (Å²) < 4.78 is 5.20. The molecule has 1 aromatic carbocycles. The second-order valence-electron chi connectivity index (χ2n) is 6.24. The Morgan fingerprint density at radius 1 is 1.15 bits per heavy atom. The molecule has 0 atom stereocenters. The van der Waals surface area contributed by atoms with Crippen LogP contribution in [0.4, 0.5) is 5.82 Å². The predicted octanol–water partition coefficient (Wildman–Crippen LogP) is 1.82. The van der Waals surface area contributed by atoms with Crippen molar-refractivity contribution in [2.24, 2.45) is 0 Å². The lowest BCUT2D eigenvalue weighted by Crippen LogP contribution is -2.26. The summed E-state index contributed by atoms with van der Waals surface area (Å²) in [4.78, 5) is 14.3. The third-order valence-electron chi connectivity index (χ3n) is 3.82. The zero-order valence-corrected chi connectivity index (χ0v) is 15.7. The van der Waals surface area contributed by atoms with Crippen molar-refractivity contribution < 1.29 is 9.53 Å². The highest BCUT2D eigenvalue weighted by molar-refractivity contribution is 5.92. The van der Waals surface area contributed by atoms with Gasteiger partial charge in [-0.1, -0.05) is 12.1 Å². The number of aromatic nitrogens is 2. The maximum atomic E-state index is 12.1. The van der Waals surface area contributed by atoms with E-state index < -0.39 is 0 Å². The lowest BCUT2D eigenvalue weighted by atomic mass is 10.1. The number of anilines is 1. The monoisotopic (exact) mass is 357 g/mol. The van der Waals surface area contributed by atoms with Crippen LogP contribution >= 0.6 is 0 Å². The molecule has 0 aliphatic rings. The minimum atomic E-state index is -0.223. The topological polar surface area (TPSA) is 79.4 Å². The maximum absolute atomic E-state index is 12.1. The summed E-state index contributed by atoms with van der Waals surface area (Å²) in [7, 11) is 5.73. The minimum absolute atomic E-state index is 0.223. The van der Waals surface area contributed by atoms with Crippen LogP contribution in [0.25, 0.3) is 0 Å². The lowest BCUT2D eigenvalue weighted by molar-refractivity contribution is 0.0948. The zero-order chi connectivity index (χ0) is 18.8. The van der Waals surface area contributed by atoms with E-state index in [1.807, 2.05) is 38.4 Å². The summed E-state index contributed by atoms with van der Waals surface area (Å²) in [5, 5.41) is 14.1. The van der Waals surface area contributed by atoms with E-state index >= 15 is 0 Å². The van der Waals surface area contributed by atoms with Crippen molar-refractivity contribution in [3.8, 4) is 5.75 Å². The number of rotatable bonds is 10. The van der Waals surface area contributed by atoms with Crippen LogP contribution in [0.1, 0.15) is 22.5 Å². The van der Waals surface area contributed by atoms with E-state index in [-0.39, 0.29) is 5.91 Å². The fraction of sp³-hybridized carbons (Fsp3) is 0.421. The SMILES string of the molecule is COc1cccc(CCNC(=O)c2ccc(NCCCN(C)C)nn2)c1. The Bertz CT molecular complexity index is 689. The van der Waals surface area contributed by atoms with Crippen molar-refractivity contribution in [1.82, 2.24) is 20.4 Å². The van der Waals surface area contributed by atoms with Crippen molar-refractivity contribution in [2.75, 3.05) is 46.2 Å². The molecule has 0 spiro atoms. The van der Waals surface area contributed by atoms with Gasteiger partial charge in [-0.25, -0.2) is 0 Å². The average Bonchev–Trinajstić information content (AvgIpc) is 2.65. The van der Waals surface area contributed by atoms with E-state index in [9.17, 15) is 4.79 Å². The summed E-state index contributed by atoms with van der Waals surface area (Å²) in [6, 6.07) is 11.3. The lowest BCUT2D eigenvalue weighted by Gasteiger charge is -2.10. The van der Waals surface area contributed by atoms with Gasteiger partial charge in [-0.15, -0.1) is 10.2 Å². The molecule has 0 saturated carbocycles. The maximum Gasteiger partial charge on any atom is 0.271 e. The largest absolute Gasteiger partial charge is 0.497 e. The Balaban J connectivity index is 1.75. The van der Waals surface area contributed by atoms with Crippen LogP contribution in [0, 0.1) is 0 Å². The molecular formula is C19H27N5O2. The molecule has 1 aromatic heterocycles. The minimum Gasteiger partial charge on any atom is -0.497 e. The third-order valence-corrected chi connectivity index (χ3v) is 3.82. The van der Waals surface area contributed by atoms with Gasteiger partial charge in [0.1, 0.15) is 11.6 Å². The van der Waals surface area contributed by atoms with E-state index in [1.54, 1.807) is 19.2 Å². The number of carbonyl (C=O) groups excluding carboxylic acids is 1. The molecule has 0 saturated heterocycles. The van der Waals surface area contributed by atoms with Crippen LogP contribution in [0.5, 0.6) is 5.75 Å². The van der Waals surface area contributed by atoms with E-state index in [0.717, 1.165) is 37.2 Å². The van der Waals surface area contributed by atoms with Gasteiger partial charge in [-0.3, -0.25) is 4.79 Å². The molecule has 7 nitrogen and oxygen atoms in total. The molecule has 7 heteroatoms. The van der Waals surface area contributed by atoms with Gasteiger partial charge in [0.25, 0.3) is 5.91 Å². The fourth-order valence-corrected chi connectivity index (χ4v) is 2.40. The third kappa shape index (κ3) is 6.68. The summed E-state index contributed by atoms with van der Waals surface area (Å²) in [5.41, 5.74) is 1.42. The van der Waals surface area contributed by atoms with E-state index in [2.05, 4.69) is 25.7 Å².